The third kappa shape index (κ3) is 1.96. The summed E-state index contributed by atoms with van der Waals surface area (Å²) in [5.74, 6) is 0.382. The van der Waals surface area contributed by atoms with E-state index in [9.17, 15) is 0 Å². The van der Waals surface area contributed by atoms with Crippen LogP contribution >= 0.6 is 0 Å². The van der Waals surface area contributed by atoms with Crippen LogP contribution in [0.1, 0.15) is 26.7 Å². The molecule has 0 bridgehead atoms. The minimum Gasteiger partial charge on any atom is -0.396 e. The molecule has 0 saturated carbocycles. The molecule has 0 aliphatic carbocycles. The highest BCUT2D eigenvalue weighted by atomic mass is 16.5. The zero-order valence-corrected chi connectivity index (χ0v) is 6.76. The molecular formula is C8H16O2. The second-order valence-electron chi connectivity index (χ2n) is 3.66. The van der Waals surface area contributed by atoms with E-state index in [-0.39, 0.29) is 12.2 Å². The summed E-state index contributed by atoms with van der Waals surface area (Å²) in [6, 6.07) is 0. The first-order chi connectivity index (χ1) is 4.64. The number of aliphatic hydroxyl groups excluding tert-OH is 1. The van der Waals surface area contributed by atoms with Crippen molar-refractivity contribution in [2.24, 2.45) is 5.92 Å². The normalized spacial score (nSPS) is 32.1. The summed E-state index contributed by atoms with van der Waals surface area (Å²) in [5.41, 5.74) is 0.0473. The molecule has 60 valence electrons. The molecule has 1 saturated heterocycles. The quantitative estimate of drug-likeness (QED) is 0.599. The van der Waals surface area contributed by atoms with Crippen molar-refractivity contribution < 1.29 is 9.84 Å². The van der Waals surface area contributed by atoms with Crippen LogP contribution in [0.3, 0.4) is 0 Å². The van der Waals surface area contributed by atoms with Gasteiger partial charge in [-0.25, -0.2) is 0 Å². The number of ether oxygens (including phenoxy) is 1. The highest BCUT2D eigenvalue weighted by molar-refractivity contribution is 4.76. The molecule has 1 fully saturated rings. The lowest BCUT2D eigenvalue weighted by atomic mass is 9.92. The monoisotopic (exact) mass is 144 g/mol. The Labute approximate surface area is 62.2 Å². The summed E-state index contributed by atoms with van der Waals surface area (Å²) in [6.45, 7) is 5.20. The molecule has 1 heterocycles. The minimum atomic E-state index is 0.0473. The Morgan fingerprint density at radius 2 is 2.30 bits per heavy atom. The average molecular weight is 144 g/mol. The fraction of sp³-hybridized carbons (Fsp3) is 1.00. The molecule has 1 N–H and O–H groups in total. The standard InChI is InChI=1S/C8H16O2/c1-8(2)4-3-7(5-9)6-10-8/h7,9H,3-6H2,1-2H3/t7-/m0/s1. The molecular weight excluding hydrogens is 128 g/mol. The van der Waals surface area contributed by atoms with Gasteiger partial charge in [0.2, 0.25) is 0 Å². The van der Waals surface area contributed by atoms with E-state index in [1.807, 2.05) is 0 Å². The summed E-state index contributed by atoms with van der Waals surface area (Å²) >= 11 is 0. The number of aliphatic hydroxyl groups is 1. The summed E-state index contributed by atoms with van der Waals surface area (Å²) in [5, 5.41) is 8.78. The van der Waals surface area contributed by atoms with E-state index in [0.29, 0.717) is 5.92 Å². The average Bonchev–Trinajstić information content (AvgIpc) is 1.88. The van der Waals surface area contributed by atoms with Gasteiger partial charge in [-0.15, -0.1) is 0 Å². The predicted molar refractivity (Wildman–Crippen MR) is 39.8 cm³/mol. The van der Waals surface area contributed by atoms with E-state index >= 15 is 0 Å². The maximum absolute atomic E-state index is 8.78. The van der Waals surface area contributed by atoms with Crippen molar-refractivity contribution in [2.45, 2.75) is 32.3 Å². The molecule has 0 unspecified atom stereocenters. The van der Waals surface area contributed by atoms with Crippen LogP contribution < -0.4 is 0 Å². The Morgan fingerprint density at radius 3 is 2.70 bits per heavy atom. The van der Waals surface area contributed by atoms with Crippen LogP contribution in [0, 0.1) is 5.92 Å². The van der Waals surface area contributed by atoms with Gasteiger partial charge >= 0.3 is 0 Å². The van der Waals surface area contributed by atoms with Gasteiger partial charge < -0.3 is 9.84 Å². The molecule has 1 aliphatic heterocycles. The van der Waals surface area contributed by atoms with Crippen molar-refractivity contribution in [3.05, 3.63) is 0 Å². The van der Waals surface area contributed by atoms with E-state index < -0.39 is 0 Å². The minimum absolute atomic E-state index is 0.0473. The number of hydrogen-bond acceptors (Lipinski definition) is 2. The molecule has 1 atom stereocenters. The van der Waals surface area contributed by atoms with E-state index in [4.69, 9.17) is 9.84 Å². The molecule has 10 heavy (non-hydrogen) atoms. The molecule has 0 spiro atoms. The van der Waals surface area contributed by atoms with Crippen LogP contribution in [-0.4, -0.2) is 23.9 Å². The van der Waals surface area contributed by atoms with Crippen LogP contribution in [0.2, 0.25) is 0 Å². The number of rotatable bonds is 1. The Hall–Kier alpha value is -0.0800. The van der Waals surface area contributed by atoms with Crippen LogP contribution in [0.5, 0.6) is 0 Å². The number of hydrogen-bond donors (Lipinski definition) is 1. The zero-order valence-electron chi connectivity index (χ0n) is 6.76. The molecule has 0 radical (unpaired) electrons. The Bertz CT molecular complexity index is 99.8. The topological polar surface area (TPSA) is 29.5 Å². The third-order valence-electron chi connectivity index (χ3n) is 2.12. The van der Waals surface area contributed by atoms with Gasteiger partial charge in [-0.2, -0.15) is 0 Å². The molecule has 1 aliphatic rings. The largest absolute Gasteiger partial charge is 0.396 e. The van der Waals surface area contributed by atoms with Gasteiger partial charge in [0.05, 0.1) is 12.2 Å². The fourth-order valence-electron chi connectivity index (χ4n) is 1.19. The summed E-state index contributed by atoms with van der Waals surface area (Å²) in [7, 11) is 0. The van der Waals surface area contributed by atoms with E-state index in [1.54, 1.807) is 0 Å². The summed E-state index contributed by atoms with van der Waals surface area (Å²) in [4.78, 5) is 0. The van der Waals surface area contributed by atoms with Crippen molar-refractivity contribution in [3.8, 4) is 0 Å². The van der Waals surface area contributed by atoms with Crippen LogP contribution in [0.15, 0.2) is 0 Å². The van der Waals surface area contributed by atoms with Gasteiger partial charge in [-0.05, 0) is 26.7 Å². The second-order valence-corrected chi connectivity index (χ2v) is 3.66. The third-order valence-corrected chi connectivity index (χ3v) is 2.12. The van der Waals surface area contributed by atoms with Crippen molar-refractivity contribution >= 4 is 0 Å². The first kappa shape index (κ1) is 8.02. The Kier molecular flexibility index (Phi) is 2.32. The van der Waals surface area contributed by atoms with Gasteiger partial charge in [0.25, 0.3) is 0 Å². The maximum Gasteiger partial charge on any atom is 0.0626 e. The summed E-state index contributed by atoms with van der Waals surface area (Å²) < 4.78 is 5.51. The van der Waals surface area contributed by atoms with Crippen molar-refractivity contribution in [2.75, 3.05) is 13.2 Å². The molecule has 0 aromatic carbocycles. The second kappa shape index (κ2) is 2.89. The lowest BCUT2D eigenvalue weighted by molar-refractivity contribution is -0.0852. The molecule has 0 amide bonds. The highest BCUT2D eigenvalue weighted by Gasteiger charge is 2.26. The van der Waals surface area contributed by atoms with E-state index in [0.717, 1.165) is 19.4 Å². The molecule has 0 aromatic rings. The molecule has 2 heteroatoms. The molecule has 0 aromatic heterocycles. The van der Waals surface area contributed by atoms with Crippen molar-refractivity contribution in [1.29, 1.82) is 0 Å². The lowest BCUT2D eigenvalue weighted by Gasteiger charge is -2.33. The lowest BCUT2D eigenvalue weighted by Crippen LogP contribution is -2.34. The van der Waals surface area contributed by atoms with E-state index in [2.05, 4.69) is 13.8 Å². The van der Waals surface area contributed by atoms with Gasteiger partial charge in [0.15, 0.2) is 0 Å². The SMILES string of the molecule is CC1(C)CC[C@@H](CO)CO1. The van der Waals surface area contributed by atoms with Gasteiger partial charge in [0.1, 0.15) is 0 Å². The van der Waals surface area contributed by atoms with Crippen LogP contribution in [-0.2, 0) is 4.74 Å². The van der Waals surface area contributed by atoms with Gasteiger partial charge in [-0.3, -0.25) is 0 Å². The Balaban J connectivity index is 2.31. The van der Waals surface area contributed by atoms with E-state index in [1.165, 1.54) is 0 Å². The molecule has 1 rings (SSSR count). The summed E-state index contributed by atoms with van der Waals surface area (Å²) in [6.07, 6.45) is 2.17. The fourth-order valence-corrected chi connectivity index (χ4v) is 1.19. The van der Waals surface area contributed by atoms with Gasteiger partial charge in [-0.1, -0.05) is 0 Å². The predicted octanol–water partition coefficient (Wildman–Crippen LogP) is 1.18. The first-order valence-electron chi connectivity index (χ1n) is 3.89. The zero-order chi connectivity index (χ0) is 7.61. The maximum atomic E-state index is 8.78. The first-order valence-corrected chi connectivity index (χ1v) is 3.89. The highest BCUT2D eigenvalue weighted by Crippen LogP contribution is 2.26. The van der Waals surface area contributed by atoms with Crippen molar-refractivity contribution in [3.63, 3.8) is 0 Å². The smallest absolute Gasteiger partial charge is 0.0626 e. The molecule has 2 nitrogen and oxygen atoms in total. The van der Waals surface area contributed by atoms with Gasteiger partial charge in [0, 0.05) is 12.5 Å². The Morgan fingerprint density at radius 1 is 1.60 bits per heavy atom. The van der Waals surface area contributed by atoms with Crippen LogP contribution in [0.4, 0.5) is 0 Å². The van der Waals surface area contributed by atoms with Crippen LogP contribution in [0.25, 0.3) is 0 Å². The van der Waals surface area contributed by atoms with Crippen molar-refractivity contribution in [1.82, 2.24) is 0 Å².